The molecular formula is C29H26ClNO7. The number of amides is 1. The molecule has 1 saturated heterocycles. The van der Waals surface area contributed by atoms with Gasteiger partial charge in [0.25, 0.3) is 11.7 Å². The molecule has 0 radical (unpaired) electrons. The maximum absolute atomic E-state index is 13.4. The van der Waals surface area contributed by atoms with Gasteiger partial charge in [-0.25, -0.2) is 4.79 Å². The van der Waals surface area contributed by atoms with E-state index >= 15 is 0 Å². The van der Waals surface area contributed by atoms with Gasteiger partial charge in [0.1, 0.15) is 17.3 Å². The topological polar surface area (TPSA) is 113 Å². The Bertz CT molecular complexity index is 1440. The van der Waals surface area contributed by atoms with Gasteiger partial charge in [0.2, 0.25) is 0 Å². The Morgan fingerprint density at radius 1 is 1.03 bits per heavy atom. The number of aromatic hydroxyl groups is 1. The zero-order valence-electron chi connectivity index (χ0n) is 21.2. The number of phenolic OH excluding ortho intramolecular Hbond substituents is 1. The van der Waals surface area contributed by atoms with Crippen LogP contribution in [0.5, 0.6) is 11.5 Å². The molecule has 2 N–H and O–H groups in total. The largest absolute Gasteiger partial charge is 0.508 e. The summed E-state index contributed by atoms with van der Waals surface area (Å²) in [7, 11) is 1.38. The van der Waals surface area contributed by atoms with E-state index in [1.807, 2.05) is 0 Å². The summed E-state index contributed by atoms with van der Waals surface area (Å²) in [6.07, 6.45) is -0.304. The molecule has 4 rings (SSSR count). The zero-order chi connectivity index (χ0) is 27.7. The number of esters is 1. The van der Waals surface area contributed by atoms with Gasteiger partial charge in [0.15, 0.2) is 0 Å². The molecule has 0 bridgehead atoms. The smallest absolute Gasteiger partial charge is 0.338 e. The lowest BCUT2D eigenvalue weighted by molar-refractivity contribution is -0.132. The summed E-state index contributed by atoms with van der Waals surface area (Å²) in [5, 5.41) is 21.5. The van der Waals surface area contributed by atoms with Gasteiger partial charge in [-0.3, -0.25) is 14.5 Å². The van der Waals surface area contributed by atoms with Crippen LogP contribution in [0.3, 0.4) is 0 Å². The highest BCUT2D eigenvalue weighted by molar-refractivity contribution is 6.51. The van der Waals surface area contributed by atoms with Crippen LogP contribution < -0.4 is 9.64 Å². The summed E-state index contributed by atoms with van der Waals surface area (Å²) in [6.45, 7) is 5.24. The Morgan fingerprint density at radius 2 is 1.66 bits per heavy atom. The van der Waals surface area contributed by atoms with Crippen molar-refractivity contribution in [2.75, 3.05) is 12.0 Å². The minimum Gasteiger partial charge on any atom is -0.508 e. The monoisotopic (exact) mass is 535 g/mol. The van der Waals surface area contributed by atoms with Crippen molar-refractivity contribution in [1.82, 2.24) is 0 Å². The van der Waals surface area contributed by atoms with E-state index in [1.165, 1.54) is 48.4 Å². The summed E-state index contributed by atoms with van der Waals surface area (Å²) < 4.78 is 10.6. The predicted octanol–water partition coefficient (Wildman–Crippen LogP) is 5.55. The standard InChI is InChI=1S/C29H26ClNO7/c1-15(2)38-29(36)18-5-9-19(10-6-18)31-24(17-7-11-20(32)12-8-17)23(26(34)28(31)35)25(33)21-13-16(3)14-22(30)27(21)37-4/h5-15,24,32-33H,1-4H3/b25-23+. The van der Waals surface area contributed by atoms with Crippen LogP contribution in [-0.2, 0) is 14.3 Å². The molecule has 0 aromatic heterocycles. The number of aryl methyl sites for hydroxylation is 1. The fraction of sp³-hybridized carbons (Fsp3) is 0.207. The van der Waals surface area contributed by atoms with Crippen LogP contribution in [0.4, 0.5) is 5.69 Å². The Labute approximate surface area is 224 Å². The quantitative estimate of drug-likeness (QED) is 0.184. The second-order valence-electron chi connectivity index (χ2n) is 9.09. The van der Waals surface area contributed by atoms with E-state index in [2.05, 4.69) is 0 Å². The Hall–Kier alpha value is -4.30. The molecular weight excluding hydrogens is 510 g/mol. The van der Waals surface area contributed by atoms with E-state index in [-0.39, 0.29) is 39.3 Å². The number of aliphatic hydroxyl groups is 1. The maximum atomic E-state index is 13.4. The summed E-state index contributed by atoms with van der Waals surface area (Å²) in [4.78, 5) is 40.3. The Kier molecular flexibility index (Phi) is 7.46. The first-order chi connectivity index (χ1) is 18.0. The van der Waals surface area contributed by atoms with Crippen molar-refractivity contribution in [3.63, 3.8) is 0 Å². The van der Waals surface area contributed by atoms with E-state index in [1.54, 1.807) is 45.0 Å². The van der Waals surface area contributed by atoms with Crippen molar-refractivity contribution in [2.24, 2.45) is 0 Å². The number of ketones is 1. The molecule has 1 amide bonds. The van der Waals surface area contributed by atoms with Crippen LogP contribution in [0.2, 0.25) is 5.02 Å². The number of carbonyl (C=O) groups is 3. The lowest BCUT2D eigenvalue weighted by Gasteiger charge is -2.26. The van der Waals surface area contributed by atoms with Gasteiger partial charge in [-0.1, -0.05) is 23.7 Å². The summed E-state index contributed by atoms with van der Waals surface area (Å²) in [5.41, 5.74) is 1.75. The Morgan fingerprint density at radius 3 is 2.24 bits per heavy atom. The molecule has 3 aromatic rings. The molecule has 8 nitrogen and oxygen atoms in total. The number of nitrogens with zero attached hydrogens (tertiary/aromatic N) is 1. The van der Waals surface area contributed by atoms with Crippen molar-refractivity contribution >= 4 is 40.7 Å². The van der Waals surface area contributed by atoms with Crippen LogP contribution in [-0.4, -0.2) is 41.1 Å². The molecule has 1 heterocycles. The molecule has 0 saturated carbocycles. The number of ether oxygens (including phenoxy) is 2. The van der Waals surface area contributed by atoms with Crippen LogP contribution in [0.15, 0.2) is 66.2 Å². The number of Topliss-reactive ketones (excluding diaryl/α,β-unsaturated/α-hetero) is 1. The number of aliphatic hydroxyl groups excluding tert-OH is 1. The number of benzene rings is 3. The second-order valence-corrected chi connectivity index (χ2v) is 9.50. The highest BCUT2D eigenvalue weighted by atomic mass is 35.5. The number of rotatable bonds is 6. The van der Waals surface area contributed by atoms with Gasteiger partial charge < -0.3 is 19.7 Å². The molecule has 0 spiro atoms. The number of hydrogen-bond acceptors (Lipinski definition) is 7. The van der Waals surface area contributed by atoms with Crippen molar-refractivity contribution in [3.8, 4) is 11.5 Å². The van der Waals surface area contributed by atoms with E-state index in [9.17, 15) is 24.6 Å². The Balaban J connectivity index is 1.90. The number of carbonyl (C=O) groups excluding carboxylic acids is 3. The molecule has 9 heteroatoms. The highest BCUT2D eigenvalue weighted by Crippen LogP contribution is 2.44. The summed E-state index contributed by atoms with van der Waals surface area (Å²) >= 11 is 6.33. The van der Waals surface area contributed by atoms with E-state index < -0.39 is 29.5 Å². The molecule has 1 unspecified atom stereocenters. The van der Waals surface area contributed by atoms with Gasteiger partial charge in [-0.2, -0.15) is 0 Å². The van der Waals surface area contributed by atoms with Crippen LogP contribution in [0.1, 0.15) is 46.9 Å². The fourth-order valence-electron chi connectivity index (χ4n) is 4.37. The third kappa shape index (κ3) is 4.95. The predicted molar refractivity (Wildman–Crippen MR) is 143 cm³/mol. The normalized spacial score (nSPS) is 16.7. The molecule has 1 fully saturated rings. The molecule has 3 aromatic carbocycles. The summed E-state index contributed by atoms with van der Waals surface area (Å²) in [6, 6.07) is 14.2. The lowest BCUT2D eigenvalue weighted by Crippen LogP contribution is -2.29. The zero-order valence-corrected chi connectivity index (χ0v) is 21.9. The highest BCUT2D eigenvalue weighted by Gasteiger charge is 2.47. The van der Waals surface area contributed by atoms with Gasteiger partial charge in [0, 0.05) is 5.69 Å². The maximum Gasteiger partial charge on any atom is 0.338 e. The SMILES string of the molecule is COc1c(Cl)cc(C)cc1/C(O)=C1\C(=O)C(=O)N(c2ccc(C(=O)OC(C)C)cc2)C1c1ccc(O)cc1. The number of hydrogen-bond donors (Lipinski definition) is 2. The van der Waals surface area contributed by atoms with E-state index in [4.69, 9.17) is 21.1 Å². The minimum absolute atomic E-state index is 0.00847. The van der Waals surface area contributed by atoms with E-state index in [0.29, 0.717) is 16.8 Å². The number of phenols is 1. The molecule has 1 atom stereocenters. The first-order valence-corrected chi connectivity index (χ1v) is 12.2. The lowest BCUT2D eigenvalue weighted by atomic mass is 9.94. The number of methoxy groups -OCH3 is 1. The average Bonchev–Trinajstić information content (AvgIpc) is 3.13. The fourth-order valence-corrected chi connectivity index (χ4v) is 4.72. The molecule has 0 aliphatic carbocycles. The second kappa shape index (κ2) is 10.6. The average molecular weight is 536 g/mol. The molecule has 1 aliphatic heterocycles. The van der Waals surface area contributed by atoms with Crippen LogP contribution in [0, 0.1) is 6.92 Å². The third-order valence-corrected chi connectivity index (χ3v) is 6.31. The van der Waals surface area contributed by atoms with Crippen molar-refractivity contribution < 1.29 is 34.1 Å². The van der Waals surface area contributed by atoms with E-state index in [0.717, 1.165) is 0 Å². The van der Waals surface area contributed by atoms with Gasteiger partial charge >= 0.3 is 5.97 Å². The van der Waals surface area contributed by atoms with Gasteiger partial charge in [0.05, 0.1) is 41.0 Å². The minimum atomic E-state index is -1.05. The molecule has 1 aliphatic rings. The van der Waals surface area contributed by atoms with Gasteiger partial charge in [-0.05, 0) is 80.4 Å². The third-order valence-electron chi connectivity index (χ3n) is 6.02. The molecule has 196 valence electrons. The van der Waals surface area contributed by atoms with Crippen molar-refractivity contribution in [3.05, 3.63) is 93.5 Å². The summed E-state index contributed by atoms with van der Waals surface area (Å²) in [5.74, 6) is -2.62. The van der Waals surface area contributed by atoms with Crippen molar-refractivity contribution in [2.45, 2.75) is 32.9 Å². The molecule has 38 heavy (non-hydrogen) atoms. The first kappa shape index (κ1) is 26.8. The van der Waals surface area contributed by atoms with Crippen LogP contribution in [0.25, 0.3) is 5.76 Å². The first-order valence-electron chi connectivity index (χ1n) is 11.8. The number of anilines is 1. The van der Waals surface area contributed by atoms with Crippen molar-refractivity contribution in [1.29, 1.82) is 0 Å². The van der Waals surface area contributed by atoms with Crippen LogP contribution >= 0.6 is 11.6 Å². The number of halogens is 1. The van der Waals surface area contributed by atoms with Gasteiger partial charge in [-0.15, -0.1) is 0 Å².